The van der Waals surface area contributed by atoms with Gasteiger partial charge in [0.25, 0.3) is 0 Å². The van der Waals surface area contributed by atoms with E-state index < -0.39 is 0 Å². The molecular formula is C47H31N3. The van der Waals surface area contributed by atoms with E-state index in [2.05, 4.69) is 133 Å². The van der Waals surface area contributed by atoms with Crippen molar-refractivity contribution in [3.05, 3.63) is 188 Å². The van der Waals surface area contributed by atoms with Crippen molar-refractivity contribution in [3.8, 4) is 67.3 Å². The van der Waals surface area contributed by atoms with Crippen molar-refractivity contribution in [1.29, 1.82) is 0 Å². The highest BCUT2D eigenvalue weighted by Crippen LogP contribution is 2.40. The molecule has 0 fully saturated rings. The van der Waals surface area contributed by atoms with E-state index in [1.165, 1.54) is 27.5 Å². The number of fused-ring (bicyclic) bond motifs is 2. The Bertz CT molecular complexity index is 2550. The number of pyridine rings is 1. The summed E-state index contributed by atoms with van der Waals surface area (Å²) >= 11 is 0. The van der Waals surface area contributed by atoms with Crippen molar-refractivity contribution in [3.63, 3.8) is 0 Å². The summed E-state index contributed by atoms with van der Waals surface area (Å²) in [5.74, 6) is 0.703. The van der Waals surface area contributed by atoms with E-state index in [9.17, 15) is 0 Å². The van der Waals surface area contributed by atoms with Crippen LogP contribution in [-0.2, 0) is 0 Å². The zero-order valence-corrected chi connectivity index (χ0v) is 27.2. The van der Waals surface area contributed by atoms with Gasteiger partial charge in [0.05, 0.1) is 16.9 Å². The highest BCUT2D eigenvalue weighted by molar-refractivity contribution is 6.04. The molecule has 0 saturated heterocycles. The van der Waals surface area contributed by atoms with Gasteiger partial charge in [-0.25, -0.2) is 9.97 Å². The van der Waals surface area contributed by atoms with Crippen LogP contribution < -0.4 is 0 Å². The Balaban J connectivity index is 1.12. The predicted molar refractivity (Wildman–Crippen MR) is 207 cm³/mol. The van der Waals surface area contributed by atoms with Crippen LogP contribution in [0.15, 0.2) is 188 Å². The quantitative estimate of drug-likeness (QED) is 0.182. The van der Waals surface area contributed by atoms with E-state index >= 15 is 0 Å². The molecule has 0 bridgehead atoms. The molecule has 0 unspecified atom stereocenters. The van der Waals surface area contributed by atoms with Gasteiger partial charge in [-0.2, -0.15) is 0 Å². The number of benzene rings is 7. The fraction of sp³-hybridized carbons (Fsp3) is 0. The van der Waals surface area contributed by atoms with E-state index in [1.807, 2.05) is 54.7 Å². The first-order valence-corrected chi connectivity index (χ1v) is 16.8. The lowest BCUT2D eigenvalue weighted by molar-refractivity contribution is 1.18. The molecule has 2 aromatic heterocycles. The standard InChI is InChI=1S/C47H31N3/c1-3-12-35(13-4-1)44-30-45(36-14-5-2-6-15-36)50-47(49-44)38-25-21-34(22-26-38)42-28-27-33-11-7-9-17-41(33)46(42)37-23-19-32(20-24-37)40-29-39-16-8-10-18-43(39)48-31-40/h1-31H. The van der Waals surface area contributed by atoms with Crippen LogP contribution in [0.5, 0.6) is 0 Å². The molecule has 0 aliphatic carbocycles. The Morgan fingerprint density at radius 1 is 0.340 bits per heavy atom. The second-order valence-corrected chi connectivity index (χ2v) is 12.5. The summed E-state index contributed by atoms with van der Waals surface area (Å²) in [5, 5.41) is 3.58. The Morgan fingerprint density at radius 2 is 0.900 bits per heavy atom. The third-order valence-corrected chi connectivity index (χ3v) is 9.35. The van der Waals surface area contributed by atoms with E-state index in [-0.39, 0.29) is 0 Å². The number of rotatable bonds is 6. The number of hydrogen-bond acceptors (Lipinski definition) is 3. The van der Waals surface area contributed by atoms with Crippen LogP contribution in [-0.4, -0.2) is 15.0 Å². The maximum Gasteiger partial charge on any atom is 0.160 e. The summed E-state index contributed by atoms with van der Waals surface area (Å²) in [6, 6.07) is 63.8. The SMILES string of the molecule is c1ccc(-c2cc(-c3ccccc3)nc(-c3ccc(-c4ccc5ccccc5c4-c4ccc(-c5cnc6ccccc6c5)cc4)cc3)n2)cc1. The molecule has 0 amide bonds. The van der Waals surface area contributed by atoms with Crippen LogP contribution in [0.25, 0.3) is 89.0 Å². The second-order valence-electron chi connectivity index (χ2n) is 12.5. The van der Waals surface area contributed by atoms with Gasteiger partial charge in [-0.15, -0.1) is 0 Å². The van der Waals surface area contributed by atoms with Gasteiger partial charge in [-0.3, -0.25) is 4.98 Å². The smallest absolute Gasteiger partial charge is 0.160 e. The Labute approximate surface area is 291 Å². The molecule has 0 saturated carbocycles. The van der Waals surface area contributed by atoms with Crippen molar-refractivity contribution >= 4 is 21.7 Å². The fourth-order valence-corrected chi connectivity index (χ4v) is 6.77. The highest BCUT2D eigenvalue weighted by Gasteiger charge is 2.15. The largest absolute Gasteiger partial charge is 0.256 e. The Kier molecular flexibility index (Phi) is 7.49. The summed E-state index contributed by atoms with van der Waals surface area (Å²) in [7, 11) is 0. The number of aromatic nitrogens is 3. The molecular weight excluding hydrogens is 607 g/mol. The first kappa shape index (κ1) is 29.4. The lowest BCUT2D eigenvalue weighted by Gasteiger charge is -2.15. The first-order valence-electron chi connectivity index (χ1n) is 16.8. The van der Waals surface area contributed by atoms with Gasteiger partial charge in [-0.1, -0.05) is 164 Å². The molecule has 2 heterocycles. The minimum Gasteiger partial charge on any atom is -0.256 e. The van der Waals surface area contributed by atoms with E-state index in [0.29, 0.717) is 5.82 Å². The molecule has 9 rings (SSSR count). The second kappa shape index (κ2) is 12.7. The molecule has 0 N–H and O–H groups in total. The first-order chi connectivity index (χ1) is 24.8. The van der Waals surface area contributed by atoms with Gasteiger partial charge in [0, 0.05) is 33.8 Å². The van der Waals surface area contributed by atoms with Gasteiger partial charge in [0.15, 0.2) is 5.82 Å². The van der Waals surface area contributed by atoms with Crippen molar-refractivity contribution in [2.24, 2.45) is 0 Å². The molecule has 0 atom stereocenters. The van der Waals surface area contributed by atoms with Crippen molar-refractivity contribution in [1.82, 2.24) is 15.0 Å². The van der Waals surface area contributed by atoms with Gasteiger partial charge >= 0.3 is 0 Å². The summed E-state index contributed by atoms with van der Waals surface area (Å²) in [4.78, 5) is 14.8. The number of nitrogens with zero attached hydrogens (tertiary/aromatic N) is 3. The van der Waals surface area contributed by atoms with Gasteiger partial charge in [-0.05, 0) is 56.8 Å². The Morgan fingerprint density at radius 3 is 1.60 bits per heavy atom. The average Bonchev–Trinajstić information content (AvgIpc) is 3.21. The fourth-order valence-electron chi connectivity index (χ4n) is 6.77. The topological polar surface area (TPSA) is 38.7 Å². The van der Waals surface area contributed by atoms with E-state index in [0.717, 1.165) is 55.7 Å². The summed E-state index contributed by atoms with van der Waals surface area (Å²) in [5.41, 5.74) is 12.9. The van der Waals surface area contributed by atoms with Crippen molar-refractivity contribution < 1.29 is 0 Å². The maximum absolute atomic E-state index is 5.04. The number of hydrogen-bond donors (Lipinski definition) is 0. The van der Waals surface area contributed by atoms with Crippen LogP contribution in [0, 0.1) is 0 Å². The lowest BCUT2D eigenvalue weighted by Crippen LogP contribution is -1.96. The molecule has 0 radical (unpaired) electrons. The zero-order chi connectivity index (χ0) is 33.3. The predicted octanol–water partition coefficient (Wildman–Crippen LogP) is 12.2. The monoisotopic (exact) mass is 637 g/mol. The van der Waals surface area contributed by atoms with Crippen LogP contribution in [0.2, 0.25) is 0 Å². The van der Waals surface area contributed by atoms with Crippen LogP contribution in [0.4, 0.5) is 0 Å². The normalized spacial score (nSPS) is 11.2. The zero-order valence-electron chi connectivity index (χ0n) is 27.2. The minimum atomic E-state index is 0.703. The summed E-state index contributed by atoms with van der Waals surface area (Å²) in [6.45, 7) is 0. The maximum atomic E-state index is 5.04. The van der Waals surface area contributed by atoms with Crippen LogP contribution in [0.3, 0.4) is 0 Å². The molecule has 0 aliphatic rings. The van der Waals surface area contributed by atoms with Gasteiger partial charge in [0.1, 0.15) is 0 Å². The average molecular weight is 638 g/mol. The molecule has 7 aromatic carbocycles. The van der Waals surface area contributed by atoms with Crippen molar-refractivity contribution in [2.75, 3.05) is 0 Å². The van der Waals surface area contributed by atoms with E-state index in [1.54, 1.807) is 0 Å². The molecule has 9 aromatic rings. The van der Waals surface area contributed by atoms with Crippen LogP contribution in [0.1, 0.15) is 0 Å². The molecule has 234 valence electrons. The Hall–Kier alpha value is -6.71. The van der Waals surface area contributed by atoms with Gasteiger partial charge in [0.2, 0.25) is 0 Å². The third kappa shape index (κ3) is 5.61. The number of para-hydroxylation sites is 1. The van der Waals surface area contributed by atoms with E-state index in [4.69, 9.17) is 15.0 Å². The van der Waals surface area contributed by atoms with Crippen LogP contribution >= 0.6 is 0 Å². The molecule has 0 aliphatic heterocycles. The van der Waals surface area contributed by atoms with Crippen molar-refractivity contribution in [2.45, 2.75) is 0 Å². The molecule has 3 nitrogen and oxygen atoms in total. The minimum absolute atomic E-state index is 0.703. The molecule has 0 spiro atoms. The summed E-state index contributed by atoms with van der Waals surface area (Å²) in [6.07, 6.45) is 1.96. The lowest BCUT2D eigenvalue weighted by atomic mass is 9.89. The third-order valence-electron chi connectivity index (χ3n) is 9.35. The molecule has 3 heteroatoms. The molecule has 50 heavy (non-hydrogen) atoms. The highest BCUT2D eigenvalue weighted by atomic mass is 14.9. The summed E-state index contributed by atoms with van der Waals surface area (Å²) < 4.78 is 0. The van der Waals surface area contributed by atoms with Gasteiger partial charge < -0.3 is 0 Å².